The van der Waals surface area contributed by atoms with E-state index < -0.39 is 23.7 Å². The normalized spacial score (nSPS) is 13.1. The molecule has 0 bridgehead atoms. The molecule has 1 N–H and O–H groups in total. The van der Waals surface area contributed by atoms with Crippen molar-refractivity contribution >= 4 is 5.97 Å². The molecule has 0 spiro atoms. The minimum Gasteiger partial charge on any atom is -0.462 e. The van der Waals surface area contributed by atoms with Gasteiger partial charge in [0.15, 0.2) is 0 Å². The summed E-state index contributed by atoms with van der Waals surface area (Å²) < 4.78 is 36.7. The van der Waals surface area contributed by atoms with E-state index in [2.05, 4.69) is 4.74 Å². The smallest absolute Gasteiger partial charge is 0.338 e. The zero-order valence-electron chi connectivity index (χ0n) is 10.7. The Kier molecular flexibility index (Phi) is 5.38. The van der Waals surface area contributed by atoms with Gasteiger partial charge in [0.25, 0.3) is 0 Å². The number of ether oxygens (including phenoxy) is 2. The molecule has 1 aromatic rings. The van der Waals surface area contributed by atoms with Gasteiger partial charge in [-0.25, -0.2) is 4.79 Å². The van der Waals surface area contributed by atoms with Crippen LogP contribution in [-0.2, 0) is 15.4 Å². The number of carbonyl (C=O) groups excluding carboxylic acids is 1. The topological polar surface area (TPSA) is 55.8 Å². The number of benzene rings is 1. The molecule has 0 aliphatic carbocycles. The lowest BCUT2D eigenvalue weighted by Crippen LogP contribution is -2.33. The van der Waals surface area contributed by atoms with Gasteiger partial charge in [0.1, 0.15) is 0 Å². The fourth-order valence-electron chi connectivity index (χ4n) is 1.45. The molecule has 1 unspecified atom stereocenters. The number of carbonyl (C=O) groups is 1. The van der Waals surface area contributed by atoms with E-state index in [-0.39, 0.29) is 18.8 Å². The van der Waals surface area contributed by atoms with Crippen LogP contribution in [-0.4, -0.2) is 30.6 Å². The van der Waals surface area contributed by atoms with Gasteiger partial charge in [0, 0.05) is 12.2 Å². The summed E-state index contributed by atoms with van der Waals surface area (Å²) in [6, 6.07) is 4.57. The molecule has 0 aliphatic rings. The van der Waals surface area contributed by atoms with Gasteiger partial charge < -0.3 is 14.6 Å². The highest BCUT2D eigenvalue weighted by molar-refractivity contribution is 5.89. The third kappa shape index (κ3) is 3.71. The maximum atomic E-state index is 13.7. The number of alkyl halides is 2. The van der Waals surface area contributed by atoms with E-state index in [1.54, 1.807) is 6.92 Å². The first-order valence-electron chi connectivity index (χ1n) is 5.88. The maximum absolute atomic E-state index is 13.7. The van der Waals surface area contributed by atoms with Crippen LogP contribution in [0.3, 0.4) is 0 Å². The van der Waals surface area contributed by atoms with E-state index in [0.717, 1.165) is 12.1 Å². The lowest BCUT2D eigenvalue weighted by Gasteiger charge is -2.22. The van der Waals surface area contributed by atoms with E-state index in [4.69, 9.17) is 4.74 Å². The highest BCUT2D eigenvalue weighted by Crippen LogP contribution is 2.32. The molecule has 1 atom stereocenters. The van der Waals surface area contributed by atoms with Crippen molar-refractivity contribution in [3.05, 3.63) is 35.4 Å². The Hall–Kier alpha value is -1.53. The van der Waals surface area contributed by atoms with Crippen molar-refractivity contribution in [2.45, 2.75) is 26.1 Å². The van der Waals surface area contributed by atoms with E-state index >= 15 is 0 Å². The highest BCUT2D eigenvalue weighted by Gasteiger charge is 2.41. The summed E-state index contributed by atoms with van der Waals surface area (Å²) in [7, 11) is 0. The zero-order chi connectivity index (χ0) is 14.5. The Bertz CT molecular complexity index is 417. The first kappa shape index (κ1) is 15.5. The molecule has 0 amide bonds. The maximum Gasteiger partial charge on any atom is 0.338 e. The minimum absolute atomic E-state index is 0.0301. The number of hydrogen-bond acceptors (Lipinski definition) is 4. The Balaban J connectivity index is 2.88. The van der Waals surface area contributed by atoms with Crippen LogP contribution >= 0.6 is 0 Å². The summed E-state index contributed by atoms with van der Waals surface area (Å²) in [6.07, 6.45) is -2.22. The van der Waals surface area contributed by atoms with E-state index in [9.17, 15) is 18.7 Å². The molecule has 6 heteroatoms. The molecule has 0 aliphatic heterocycles. The number of halogens is 2. The van der Waals surface area contributed by atoms with Gasteiger partial charge in [-0.2, -0.15) is 8.78 Å². The van der Waals surface area contributed by atoms with Crippen LogP contribution in [0.2, 0.25) is 0 Å². The first-order chi connectivity index (χ1) is 8.93. The van der Waals surface area contributed by atoms with Gasteiger partial charge in [-0.15, -0.1) is 0 Å². The van der Waals surface area contributed by atoms with Crippen LogP contribution in [0, 0.1) is 0 Å². The van der Waals surface area contributed by atoms with Gasteiger partial charge in [-0.3, -0.25) is 0 Å². The predicted octanol–water partition coefficient (Wildman–Crippen LogP) is 2.31. The zero-order valence-corrected chi connectivity index (χ0v) is 10.7. The average Bonchev–Trinajstić information content (AvgIpc) is 2.39. The fraction of sp³-hybridized carbons (Fsp3) is 0.462. The molecule has 0 heterocycles. The van der Waals surface area contributed by atoms with Crippen LogP contribution in [0.25, 0.3) is 0 Å². The van der Waals surface area contributed by atoms with Crippen molar-refractivity contribution in [2.24, 2.45) is 0 Å². The first-order valence-corrected chi connectivity index (χ1v) is 5.88. The van der Waals surface area contributed by atoms with Crippen molar-refractivity contribution in [1.29, 1.82) is 0 Å². The molecule has 19 heavy (non-hydrogen) atoms. The molecule has 0 saturated heterocycles. The lowest BCUT2D eigenvalue weighted by molar-refractivity contribution is -0.238. The Labute approximate surface area is 109 Å². The van der Waals surface area contributed by atoms with Crippen molar-refractivity contribution in [3.63, 3.8) is 0 Å². The van der Waals surface area contributed by atoms with Gasteiger partial charge in [-0.05, 0) is 26.0 Å². The molecule has 106 valence electrons. The van der Waals surface area contributed by atoms with Crippen molar-refractivity contribution < 1.29 is 28.2 Å². The predicted molar refractivity (Wildman–Crippen MR) is 63.9 cm³/mol. The summed E-state index contributed by atoms with van der Waals surface area (Å²) in [6.45, 7) is 3.33. The van der Waals surface area contributed by atoms with Crippen LogP contribution < -0.4 is 0 Å². The van der Waals surface area contributed by atoms with Gasteiger partial charge >= 0.3 is 11.9 Å². The number of hydrogen-bond donors (Lipinski definition) is 1. The van der Waals surface area contributed by atoms with Crippen LogP contribution in [0.15, 0.2) is 24.3 Å². The standard InChI is InChI=1S/C13H16F2O4/c1-3-18-11(16)9-5-7-10(8-6-9)13(14,15)12(17)19-4-2/h5-8,12,17H,3-4H2,1-2H3. The number of aliphatic hydroxyl groups excluding tert-OH is 1. The summed E-state index contributed by atoms with van der Waals surface area (Å²) in [5.74, 6) is -4.12. The van der Waals surface area contributed by atoms with Crippen molar-refractivity contribution in [2.75, 3.05) is 13.2 Å². The largest absolute Gasteiger partial charge is 0.462 e. The third-order valence-corrected chi connectivity index (χ3v) is 2.42. The summed E-state index contributed by atoms with van der Waals surface area (Å²) in [5.41, 5.74) is -0.256. The summed E-state index contributed by atoms with van der Waals surface area (Å²) in [5, 5.41) is 9.23. The van der Waals surface area contributed by atoms with Crippen molar-refractivity contribution in [3.8, 4) is 0 Å². The van der Waals surface area contributed by atoms with Crippen LogP contribution in [0.1, 0.15) is 29.8 Å². The second-order valence-corrected chi connectivity index (χ2v) is 3.73. The molecular weight excluding hydrogens is 258 g/mol. The summed E-state index contributed by atoms with van der Waals surface area (Å²) in [4.78, 5) is 11.4. The second-order valence-electron chi connectivity index (χ2n) is 3.73. The Morgan fingerprint density at radius 1 is 1.26 bits per heavy atom. The van der Waals surface area contributed by atoms with Gasteiger partial charge in [-0.1, -0.05) is 12.1 Å². The molecular formula is C13H16F2O4. The lowest BCUT2D eigenvalue weighted by atomic mass is 10.1. The molecule has 0 fully saturated rings. The second kappa shape index (κ2) is 6.58. The highest BCUT2D eigenvalue weighted by atomic mass is 19.3. The molecule has 4 nitrogen and oxygen atoms in total. The third-order valence-electron chi connectivity index (χ3n) is 2.42. The van der Waals surface area contributed by atoms with E-state index in [1.165, 1.54) is 19.1 Å². The monoisotopic (exact) mass is 274 g/mol. The van der Waals surface area contributed by atoms with Crippen LogP contribution in [0.5, 0.6) is 0 Å². The number of rotatable bonds is 6. The minimum atomic E-state index is -3.54. The molecule has 0 saturated carbocycles. The van der Waals surface area contributed by atoms with Crippen LogP contribution in [0.4, 0.5) is 8.78 Å². The SMILES string of the molecule is CCOC(=O)c1ccc(C(F)(F)C(O)OCC)cc1. The summed E-state index contributed by atoms with van der Waals surface area (Å²) >= 11 is 0. The van der Waals surface area contributed by atoms with E-state index in [1.807, 2.05) is 0 Å². The molecule has 0 aromatic heterocycles. The Morgan fingerprint density at radius 2 is 1.84 bits per heavy atom. The van der Waals surface area contributed by atoms with Crippen molar-refractivity contribution in [1.82, 2.24) is 0 Å². The van der Waals surface area contributed by atoms with Gasteiger partial charge in [0.2, 0.25) is 6.29 Å². The van der Waals surface area contributed by atoms with E-state index in [0.29, 0.717) is 0 Å². The molecule has 1 aromatic carbocycles. The van der Waals surface area contributed by atoms with Gasteiger partial charge in [0.05, 0.1) is 12.2 Å². The number of esters is 1. The average molecular weight is 274 g/mol. The molecule has 0 radical (unpaired) electrons. The quantitative estimate of drug-likeness (QED) is 0.639. The Morgan fingerprint density at radius 3 is 2.32 bits per heavy atom. The fourth-order valence-corrected chi connectivity index (χ4v) is 1.45. The number of aliphatic hydroxyl groups is 1. The molecule has 1 rings (SSSR count).